The summed E-state index contributed by atoms with van der Waals surface area (Å²) in [4.78, 5) is 0. The van der Waals surface area contributed by atoms with Crippen LogP contribution in [0.25, 0.3) is 0 Å². The standard InChI is InChI=1S/C9H15N3.2ClH/c1-12-6-8-3-2-7(5-10)4-9(8)11-12;;/h6-7H,2-5,10H2,1H3;2*1H. The van der Waals surface area contributed by atoms with E-state index < -0.39 is 0 Å². The summed E-state index contributed by atoms with van der Waals surface area (Å²) in [6.45, 7) is 0.802. The zero-order valence-corrected chi connectivity index (χ0v) is 9.90. The molecule has 1 atom stereocenters. The fraction of sp³-hybridized carbons (Fsp3) is 0.667. The van der Waals surface area contributed by atoms with Crippen molar-refractivity contribution in [2.45, 2.75) is 19.3 Å². The van der Waals surface area contributed by atoms with Gasteiger partial charge in [-0.3, -0.25) is 4.68 Å². The second-order valence-electron chi connectivity index (χ2n) is 3.62. The first-order chi connectivity index (χ1) is 5.79. The number of halogens is 2. The fourth-order valence-corrected chi connectivity index (χ4v) is 1.90. The minimum atomic E-state index is 0. The molecule has 1 unspecified atom stereocenters. The minimum Gasteiger partial charge on any atom is -0.330 e. The highest BCUT2D eigenvalue weighted by Gasteiger charge is 2.19. The van der Waals surface area contributed by atoms with Crippen LogP contribution in [0.5, 0.6) is 0 Å². The SMILES string of the molecule is Cl.Cl.Cn1cc2c(n1)CC(CN)CC2. The van der Waals surface area contributed by atoms with Gasteiger partial charge in [-0.1, -0.05) is 0 Å². The van der Waals surface area contributed by atoms with Crippen molar-refractivity contribution in [3.63, 3.8) is 0 Å². The molecule has 1 aliphatic rings. The van der Waals surface area contributed by atoms with Crippen LogP contribution in [0.3, 0.4) is 0 Å². The number of hydrogen-bond acceptors (Lipinski definition) is 2. The van der Waals surface area contributed by atoms with Crippen molar-refractivity contribution in [1.29, 1.82) is 0 Å². The van der Waals surface area contributed by atoms with Gasteiger partial charge in [0.05, 0.1) is 5.69 Å². The Hall–Kier alpha value is -0.250. The average molecular weight is 238 g/mol. The van der Waals surface area contributed by atoms with Crippen LogP contribution in [0, 0.1) is 5.92 Å². The molecule has 1 aliphatic carbocycles. The van der Waals surface area contributed by atoms with Gasteiger partial charge in [0.15, 0.2) is 0 Å². The summed E-state index contributed by atoms with van der Waals surface area (Å²) in [6.07, 6.45) is 5.59. The summed E-state index contributed by atoms with van der Waals surface area (Å²) in [5.41, 5.74) is 8.31. The van der Waals surface area contributed by atoms with Crippen LogP contribution in [-0.2, 0) is 19.9 Å². The quantitative estimate of drug-likeness (QED) is 0.802. The van der Waals surface area contributed by atoms with E-state index in [9.17, 15) is 0 Å². The molecule has 0 aliphatic heterocycles. The van der Waals surface area contributed by atoms with E-state index in [1.165, 1.54) is 17.7 Å². The molecule has 0 fully saturated rings. The van der Waals surface area contributed by atoms with Crippen molar-refractivity contribution in [3.8, 4) is 0 Å². The average Bonchev–Trinajstić information content (AvgIpc) is 2.43. The Morgan fingerprint density at radius 3 is 2.93 bits per heavy atom. The Balaban J connectivity index is 0.000000845. The van der Waals surface area contributed by atoms with E-state index in [-0.39, 0.29) is 24.8 Å². The molecule has 0 spiro atoms. The van der Waals surface area contributed by atoms with Crippen LogP contribution >= 0.6 is 24.8 Å². The predicted molar refractivity (Wildman–Crippen MR) is 62.3 cm³/mol. The lowest BCUT2D eigenvalue weighted by molar-refractivity contribution is 0.462. The monoisotopic (exact) mass is 237 g/mol. The first-order valence-corrected chi connectivity index (χ1v) is 4.51. The summed E-state index contributed by atoms with van der Waals surface area (Å²) in [6, 6.07) is 0. The molecule has 2 rings (SSSR count). The molecule has 1 heterocycles. The first kappa shape index (κ1) is 13.8. The van der Waals surface area contributed by atoms with Gasteiger partial charge in [0.25, 0.3) is 0 Å². The number of nitrogens with two attached hydrogens (primary N) is 1. The van der Waals surface area contributed by atoms with Gasteiger partial charge < -0.3 is 5.73 Å². The van der Waals surface area contributed by atoms with E-state index in [4.69, 9.17) is 5.73 Å². The number of hydrogen-bond donors (Lipinski definition) is 1. The zero-order valence-electron chi connectivity index (χ0n) is 8.27. The minimum absolute atomic E-state index is 0. The fourth-order valence-electron chi connectivity index (χ4n) is 1.90. The van der Waals surface area contributed by atoms with Gasteiger partial charge in [-0.15, -0.1) is 24.8 Å². The largest absolute Gasteiger partial charge is 0.330 e. The predicted octanol–water partition coefficient (Wildman–Crippen LogP) is 1.33. The van der Waals surface area contributed by atoms with Crippen molar-refractivity contribution < 1.29 is 0 Å². The molecule has 0 bridgehead atoms. The molecule has 0 amide bonds. The van der Waals surface area contributed by atoms with Gasteiger partial charge in [0, 0.05) is 13.2 Å². The van der Waals surface area contributed by atoms with E-state index in [1.54, 1.807) is 0 Å². The van der Waals surface area contributed by atoms with E-state index >= 15 is 0 Å². The Labute approximate surface area is 96.9 Å². The molecule has 5 heteroatoms. The lowest BCUT2D eigenvalue weighted by Gasteiger charge is -2.18. The molecule has 3 nitrogen and oxygen atoms in total. The molecule has 0 saturated heterocycles. The summed E-state index contributed by atoms with van der Waals surface area (Å²) < 4.78 is 1.91. The van der Waals surface area contributed by atoms with Crippen LogP contribution in [0.4, 0.5) is 0 Å². The summed E-state index contributed by atoms with van der Waals surface area (Å²) in [7, 11) is 1.98. The topological polar surface area (TPSA) is 43.8 Å². The van der Waals surface area contributed by atoms with Gasteiger partial charge in [0.1, 0.15) is 0 Å². The van der Waals surface area contributed by atoms with E-state index in [0.29, 0.717) is 5.92 Å². The van der Waals surface area contributed by atoms with Crippen LogP contribution < -0.4 is 5.73 Å². The molecular formula is C9H17Cl2N3. The number of nitrogens with zero attached hydrogens (tertiary/aromatic N) is 2. The third kappa shape index (κ3) is 2.62. The molecule has 2 N–H and O–H groups in total. The Morgan fingerprint density at radius 2 is 2.29 bits per heavy atom. The molecule has 0 aromatic carbocycles. The maximum Gasteiger partial charge on any atom is 0.0659 e. The van der Waals surface area contributed by atoms with Crippen LogP contribution in [0.15, 0.2) is 6.20 Å². The van der Waals surface area contributed by atoms with Gasteiger partial charge in [-0.25, -0.2) is 0 Å². The molecule has 14 heavy (non-hydrogen) atoms. The third-order valence-corrected chi connectivity index (χ3v) is 2.63. The highest BCUT2D eigenvalue weighted by atomic mass is 35.5. The third-order valence-electron chi connectivity index (χ3n) is 2.63. The molecular weight excluding hydrogens is 221 g/mol. The molecule has 1 aromatic rings. The zero-order chi connectivity index (χ0) is 8.55. The second kappa shape index (κ2) is 5.59. The summed E-state index contributed by atoms with van der Waals surface area (Å²) in [5, 5.41) is 4.41. The second-order valence-corrected chi connectivity index (χ2v) is 3.62. The maximum absolute atomic E-state index is 5.63. The highest BCUT2D eigenvalue weighted by Crippen LogP contribution is 2.23. The molecule has 1 aromatic heterocycles. The van der Waals surface area contributed by atoms with Crippen molar-refractivity contribution in [2.75, 3.05) is 6.54 Å². The summed E-state index contributed by atoms with van der Waals surface area (Å²) in [5.74, 6) is 0.660. The first-order valence-electron chi connectivity index (χ1n) is 4.51. The van der Waals surface area contributed by atoms with Crippen molar-refractivity contribution >= 4 is 24.8 Å². The van der Waals surface area contributed by atoms with Gasteiger partial charge in [0.2, 0.25) is 0 Å². The Kier molecular flexibility index (Phi) is 5.49. The smallest absolute Gasteiger partial charge is 0.0659 e. The summed E-state index contributed by atoms with van der Waals surface area (Å²) >= 11 is 0. The maximum atomic E-state index is 5.63. The lowest BCUT2D eigenvalue weighted by Crippen LogP contribution is -2.21. The van der Waals surface area contributed by atoms with Gasteiger partial charge >= 0.3 is 0 Å². The Bertz CT molecular complexity index is 286. The van der Waals surface area contributed by atoms with E-state index in [2.05, 4.69) is 11.3 Å². The highest BCUT2D eigenvalue weighted by molar-refractivity contribution is 5.85. The van der Waals surface area contributed by atoms with Crippen molar-refractivity contribution in [1.82, 2.24) is 9.78 Å². The van der Waals surface area contributed by atoms with Crippen LogP contribution in [-0.4, -0.2) is 16.3 Å². The Morgan fingerprint density at radius 1 is 1.57 bits per heavy atom. The van der Waals surface area contributed by atoms with E-state index in [0.717, 1.165) is 19.4 Å². The van der Waals surface area contributed by atoms with Gasteiger partial charge in [-0.05, 0) is 37.3 Å². The van der Waals surface area contributed by atoms with Gasteiger partial charge in [-0.2, -0.15) is 5.10 Å². The van der Waals surface area contributed by atoms with Crippen LogP contribution in [0.1, 0.15) is 17.7 Å². The number of aromatic nitrogens is 2. The van der Waals surface area contributed by atoms with Crippen LogP contribution in [0.2, 0.25) is 0 Å². The lowest BCUT2D eigenvalue weighted by atomic mass is 9.88. The number of fused-ring (bicyclic) bond motifs is 1. The molecule has 0 radical (unpaired) electrons. The molecule has 0 saturated carbocycles. The number of rotatable bonds is 1. The number of aryl methyl sites for hydroxylation is 2. The van der Waals surface area contributed by atoms with E-state index in [1.807, 2.05) is 11.7 Å². The van der Waals surface area contributed by atoms with Crippen molar-refractivity contribution in [3.05, 3.63) is 17.5 Å². The van der Waals surface area contributed by atoms with Crippen molar-refractivity contribution in [2.24, 2.45) is 18.7 Å². The molecule has 82 valence electrons. The normalized spacial score (nSPS) is 19.1.